The molecule has 1 fully saturated rings. The molecule has 2 aliphatic heterocycles. The molecule has 1 saturated heterocycles. The van der Waals surface area contributed by atoms with E-state index in [0.29, 0.717) is 11.8 Å². The molecule has 9 nitrogen and oxygen atoms in total. The molecule has 0 amide bonds. The first-order valence-electron chi connectivity index (χ1n) is 9.31. The Bertz CT molecular complexity index is 901. The molecule has 2 aliphatic carbocycles. The predicted octanol–water partition coefficient (Wildman–Crippen LogP) is 0.849. The van der Waals surface area contributed by atoms with E-state index in [1.54, 1.807) is 6.07 Å². The Hall–Kier alpha value is -2.81. The molecule has 9 heteroatoms. The molecule has 2 bridgehead atoms. The molecule has 5 rings (SSSR count). The van der Waals surface area contributed by atoms with Crippen molar-refractivity contribution in [2.24, 2.45) is 5.92 Å². The summed E-state index contributed by atoms with van der Waals surface area (Å²) in [6.07, 6.45) is 4.45. The molecule has 2 unspecified atom stereocenters. The molecule has 1 aromatic rings. The number of esters is 1. The van der Waals surface area contributed by atoms with Crippen molar-refractivity contribution in [2.45, 2.75) is 36.5 Å². The fraction of sp³-hybridized carbons (Fsp3) is 0.526. The van der Waals surface area contributed by atoms with Gasteiger partial charge in [0, 0.05) is 22.9 Å². The molecule has 4 aliphatic rings. The van der Waals surface area contributed by atoms with Crippen molar-refractivity contribution in [1.82, 2.24) is 4.90 Å². The maximum Gasteiger partial charge on any atom is 0.475 e. The van der Waals surface area contributed by atoms with Crippen LogP contribution in [0.1, 0.15) is 17.5 Å². The van der Waals surface area contributed by atoms with E-state index in [9.17, 15) is 14.8 Å². The highest BCUT2D eigenvalue weighted by Crippen LogP contribution is 2.62. The predicted molar refractivity (Wildman–Crippen MR) is 92.8 cm³/mol. The lowest BCUT2D eigenvalue weighted by Gasteiger charge is -2.56. The summed E-state index contributed by atoms with van der Waals surface area (Å²) in [7, 11) is 2.12. The second kappa shape index (κ2) is 5.84. The van der Waals surface area contributed by atoms with Crippen LogP contribution in [0.25, 0.3) is 0 Å². The highest BCUT2D eigenvalue weighted by molar-refractivity contribution is 5.71. The fourth-order valence-electron chi connectivity index (χ4n) is 5.61. The SMILES string of the molecule is CN1CC[C@]23c4c5ccc(O)c4O[C@H]2C(OC(=O)CO[N+](=O)O)C=CC3[C@H]1C5. The first-order chi connectivity index (χ1) is 13.4. The Labute approximate surface area is 160 Å². The number of carbonyl (C=O) groups is 1. The minimum Gasteiger partial charge on any atom is -0.504 e. The number of likely N-dealkylation sites (N-methyl/N-ethyl adjacent to an activating group) is 1. The maximum absolute atomic E-state index is 12.1. The largest absolute Gasteiger partial charge is 0.504 e. The van der Waals surface area contributed by atoms with Gasteiger partial charge in [-0.25, -0.2) is 10.0 Å². The third-order valence-corrected chi connectivity index (χ3v) is 6.69. The molecular weight excluding hydrogens is 368 g/mol. The number of hydrogen-bond acceptors (Lipinski definition) is 7. The van der Waals surface area contributed by atoms with Crippen LogP contribution in [0.3, 0.4) is 0 Å². The first kappa shape index (κ1) is 17.3. The van der Waals surface area contributed by atoms with E-state index in [1.807, 2.05) is 12.1 Å². The number of hydrogen-bond donors (Lipinski definition) is 2. The Balaban J connectivity index is 1.55. The summed E-state index contributed by atoms with van der Waals surface area (Å²) in [5.41, 5.74) is 1.82. The van der Waals surface area contributed by atoms with Crippen LogP contribution in [0.15, 0.2) is 24.3 Å². The van der Waals surface area contributed by atoms with Crippen molar-refractivity contribution in [2.75, 3.05) is 20.2 Å². The summed E-state index contributed by atoms with van der Waals surface area (Å²) in [6.45, 7) is 0.172. The van der Waals surface area contributed by atoms with E-state index in [4.69, 9.17) is 14.7 Å². The van der Waals surface area contributed by atoms with Gasteiger partial charge in [0.1, 0.15) is 11.0 Å². The second-order valence-corrected chi connectivity index (χ2v) is 7.91. The van der Waals surface area contributed by atoms with Crippen molar-refractivity contribution in [1.29, 1.82) is 0 Å². The van der Waals surface area contributed by atoms with Gasteiger partial charge in [-0.2, -0.15) is 4.84 Å². The van der Waals surface area contributed by atoms with Gasteiger partial charge in [-0.3, -0.25) is 0 Å². The molecule has 148 valence electrons. The molecule has 2 heterocycles. The lowest BCUT2D eigenvalue weighted by atomic mass is 9.53. The van der Waals surface area contributed by atoms with E-state index in [0.717, 1.165) is 30.5 Å². The molecular formula is C19H21N2O7+. The number of piperidine rings is 1. The molecule has 0 aromatic heterocycles. The van der Waals surface area contributed by atoms with Gasteiger partial charge in [-0.15, -0.1) is 0 Å². The highest BCUT2D eigenvalue weighted by atomic mass is 17.0. The Morgan fingerprint density at radius 3 is 3.04 bits per heavy atom. The van der Waals surface area contributed by atoms with Crippen molar-refractivity contribution in [3.63, 3.8) is 0 Å². The number of nitrogens with zero attached hydrogens (tertiary/aromatic N) is 2. The second-order valence-electron chi connectivity index (χ2n) is 7.91. The van der Waals surface area contributed by atoms with E-state index in [-0.39, 0.29) is 17.1 Å². The van der Waals surface area contributed by atoms with Gasteiger partial charge in [0.05, 0.1) is 0 Å². The fourth-order valence-corrected chi connectivity index (χ4v) is 5.61. The summed E-state index contributed by atoms with van der Waals surface area (Å²) in [6, 6.07) is 3.92. The van der Waals surface area contributed by atoms with Crippen LogP contribution in [0.4, 0.5) is 0 Å². The number of ether oxygens (including phenoxy) is 2. The number of aromatic hydroxyl groups is 1. The number of phenols is 1. The Morgan fingerprint density at radius 2 is 2.25 bits per heavy atom. The van der Waals surface area contributed by atoms with Crippen molar-refractivity contribution in [3.05, 3.63) is 40.3 Å². The number of phenolic OH excluding ortho intramolecular Hbond substituents is 1. The number of rotatable bonds is 4. The molecule has 1 aromatic carbocycles. The monoisotopic (exact) mass is 389 g/mol. The number of benzene rings is 1. The standard InChI is InChI=1S/C19H20N2O7/c1-20-7-6-19-11-3-5-14(27-15(23)9-26-21(24)25)18(19)28-17-13(22)4-2-10(16(17)19)8-12(11)20/h2-5,11-12,14,18H,6-9H2,1H3,(H-,22,24,25)/p+1/t11?,12-,14?,18+,19+/m1/s1. The van der Waals surface area contributed by atoms with Gasteiger partial charge in [-0.1, -0.05) is 12.1 Å². The average Bonchev–Trinajstić information content (AvgIpc) is 3.01. The summed E-state index contributed by atoms with van der Waals surface area (Å²) in [5, 5.41) is 18.1. The first-order valence-corrected chi connectivity index (χ1v) is 9.31. The lowest BCUT2D eigenvalue weighted by Crippen LogP contribution is -2.65. The Kier molecular flexibility index (Phi) is 3.61. The lowest BCUT2D eigenvalue weighted by molar-refractivity contribution is -0.974. The van der Waals surface area contributed by atoms with E-state index >= 15 is 0 Å². The average molecular weight is 389 g/mol. The maximum atomic E-state index is 12.1. The van der Waals surface area contributed by atoms with Gasteiger partial charge in [-0.05, 0) is 44.1 Å². The number of likely N-dealkylation sites (tertiary alicyclic amines) is 1. The normalized spacial score (nSPS) is 34.3. The van der Waals surface area contributed by atoms with Crippen molar-refractivity contribution >= 4 is 5.97 Å². The minimum atomic E-state index is -0.788. The summed E-state index contributed by atoms with van der Waals surface area (Å²) >= 11 is 0. The van der Waals surface area contributed by atoms with Crippen LogP contribution in [0.5, 0.6) is 11.5 Å². The minimum absolute atomic E-state index is 0.0920. The molecule has 0 radical (unpaired) electrons. The molecule has 28 heavy (non-hydrogen) atoms. The topological polar surface area (TPSA) is 109 Å². The summed E-state index contributed by atoms with van der Waals surface area (Å²) in [5.74, 6) is -0.0248. The van der Waals surface area contributed by atoms with Crippen LogP contribution in [-0.4, -0.2) is 64.7 Å². The zero-order valence-corrected chi connectivity index (χ0v) is 15.3. The third-order valence-electron chi connectivity index (χ3n) is 6.69. The number of carbonyl (C=O) groups excluding carboxylic acids is 1. The molecule has 5 atom stereocenters. The van der Waals surface area contributed by atoms with E-state index < -0.39 is 29.9 Å². The third kappa shape index (κ3) is 2.19. The quantitative estimate of drug-likeness (QED) is 0.443. The van der Waals surface area contributed by atoms with Crippen LogP contribution in [0.2, 0.25) is 0 Å². The van der Waals surface area contributed by atoms with Crippen LogP contribution >= 0.6 is 0 Å². The van der Waals surface area contributed by atoms with Crippen LogP contribution in [0, 0.1) is 10.8 Å². The smallest absolute Gasteiger partial charge is 0.475 e. The van der Waals surface area contributed by atoms with Crippen LogP contribution < -0.4 is 4.74 Å². The molecule has 1 spiro atoms. The van der Waals surface area contributed by atoms with Gasteiger partial charge < -0.3 is 19.5 Å². The van der Waals surface area contributed by atoms with Crippen molar-refractivity contribution < 1.29 is 34.5 Å². The van der Waals surface area contributed by atoms with Crippen LogP contribution in [-0.2, 0) is 26.2 Å². The van der Waals surface area contributed by atoms with Gasteiger partial charge in [0.2, 0.25) is 0 Å². The van der Waals surface area contributed by atoms with E-state index in [1.165, 1.54) is 0 Å². The van der Waals surface area contributed by atoms with E-state index in [2.05, 4.69) is 22.9 Å². The molecule has 0 saturated carbocycles. The zero-order valence-electron chi connectivity index (χ0n) is 15.3. The highest BCUT2D eigenvalue weighted by Gasteiger charge is 2.65. The van der Waals surface area contributed by atoms with Gasteiger partial charge in [0.25, 0.3) is 6.61 Å². The summed E-state index contributed by atoms with van der Waals surface area (Å²) < 4.78 is 11.7. The zero-order chi connectivity index (χ0) is 19.6. The molecule has 2 N–H and O–H groups in total. The van der Waals surface area contributed by atoms with Gasteiger partial charge >= 0.3 is 11.1 Å². The van der Waals surface area contributed by atoms with Crippen molar-refractivity contribution in [3.8, 4) is 11.5 Å². The Morgan fingerprint density at radius 1 is 1.43 bits per heavy atom. The summed E-state index contributed by atoms with van der Waals surface area (Å²) in [4.78, 5) is 29.1. The van der Waals surface area contributed by atoms with Gasteiger partial charge in [0.15, 0.2) is 17.6 Å².